The maximum atomic E-state index is 13.8. The summed E-state index contributed by atoms with van der Waals surface area (Å²) in [6.45, 7) is 5.00. The van der Waals surface area contributed by atoms with Gasteiger partial charge in [0.05, 0.1) is 11.5 Å². The van der Waals surface area contributed by atoms with Crippen LogP contribution in [0.25, 0.3) is 0 Å². The molecule has 1 N–H and O–H groups in total. The summed E-state index contributed by atoms with van der Waals surface area (Å²) in [4.78, 5) is 18.3. The quantitative estimate of drug-likeness (QED) is 0.808. The Hall–Kier alpha value is -1.10. The molecule has 1 unspecified atom stereocenters. The Morgan fingerprint density at radius 1 is 1.19 bits per heavy atom. The minimum atomic E-state index is -0.315. The Balaban J connectivity index is 1.53. The molecule has 1 amide bonds. The molecule has 3 saturated heterocycles. The molecule has 0 saturated carbocycles. The van der Waals surface area contributed by atoms with E-state index < -0.39 is 0 Å². The van der Waals surface area contributed by atoms with Crippen molar-refractivity contribution in [3.8, 4) is 0 Å². The number of aliphatic hydroxyl groups excluding tert-OH is 1. The monoisotopic (exact) mass is 390 g/mol. The Bertz CT molecular complexity index is 657. The summed E-state index contributed by atoms with van der Waals surface area (Å²) in [6.07, 6.45) is 6.51. The van der Waals surface area contributed by atoms with E-state index in [1.165, 1.54) is 18.4 Å². The summed E-state index contributed by atoms with van der Waals surface area (Å²) in [6, 6.07) is 8.42. The number of rotatable bonds is 6. The van der Waals surface area contributed by atoms with E-state index in [4.69, 9.17) is 11.6 Å². The van der Waals surface area contributed by atoms with E-state index >= 15 is 0 Å². The molecule has 3 atom stereocenters. The van der Waals surface area contributed by atoms with Gasteiger partial charge in [-0.1, -0.05) is 37.1 Å². The number of carbonyl (C=O) groups excluding carboxylic acids is 1. The van der Waals surface area contributed by atoms with Crippen molar-refractivity contribution >= 4 is 17.5 Å². The number of halogens is 1. The fourth-order valence-electron chi connectivity index (χ4n) is 5.42. The Morgan fingerprint density at radius 3 is 2.41 bits per heavy atom. The third-order valence-corrected chi connectivity index (χ3v) is 6.98. The van der Waals surface area contributed by atoms with Crippen LogP contribution < -0.4 is 0 Å². The zero-order valence-electron chi connectivity index (χ0n) is 16.2. The highest BCUT2D eigenvalue weighted by Gasteiger charge is 2.54. The van der Waals surface area contributed by atoms with E-state index in [-0.39, 0.29) is 23.6 Å². The third kappa shape index (κ3) is 3.76. The number of hydrogen-bond donors (Lipinski definition) is 1. The van der Waals surface area contributed by atoms with Gasteiger partial charge in [0.2, 0.25) is 5.91 Å². The molecule has 4 nitrogen and oxygen atoms in total. The van der Waals surface area contributed by atoms with Crippen molar-refractivity contribution in [3.63, 3.8) is 0 Å². The van der Waals surface area contributed by atoms with Crippen molar-refractivity contribution in [2.45, 2.75) is 70.1 Å². The summed E-state index contributed by atoms with van der Waals surface area (Å²) in [5, 5.41) is 10.8. The van der Waals surface area contributed by atoms with Crippen LogP contribution in [-0.2, 0) is 11.2 Å². The van der Waals surface area contributed by atoms with Crippen LogP contribution in [0.15, 0.2) is 24.3 Å². The molecule has 27 heavy (non-hydrogen) atoms. The molecule has 0 radical (unpaired) electrons. The molecule has 4 rings (SSSR count). The first-order valence-corrected chi connectivity index (χ1v) is 10.9. The summed E-state index contributed by atoms with van der Waals surface area (Å²) in [5.74, 6) is 0.324. The lowest BCUT2D eigenvalue weighted by molar-refractivity contribution is -0.160. The van der Waals surface area contributed by atoms with Gasteiger partial charge in [0.1, 0.15) is 0 Å². The lowest BCUT2D eigenvalue weighted by Gasteiger charge is -2.53. The third-order valence-electron chi connectivity index (χ3n) is 6.73. The zero-order chi connectivity index (χ0) is 19.0. The molecular weight excluding hydrogens is 360 g/mol. The van der Waals surface area contributed by atoms with E-state index in [1.54, 1.807) is 0 Å². The maximum Gasteiger partial charge on any atom is 0.232 e. The Morgan fingerprint density at radius 2 is 1.81 bits per heavy atom. The number of carbonyl (C=O) groups is 1. The van der Waals surface area contributed by atoms with E-state index in [1.807, 2.05) is 12.1 Å². The topological polar surface area (TPSA) is 43.8 Å². The van der Waals surface area contributed by atoms with Crippen LogP contribution in [-0.4, -0.2) is 58.6 Å². The molecule has 1 aromatic rings. The van der Waals surface area contributed by atoms with Gasteiger partial charge in [-0.15, -0.1) is 0 Å². The molecule has 0 aliphatic carbocycles. The minimum Gasteiger partial charge on any atom is -0.393 e. The number of likely N-dealkylation sites (tertiary alicyclic amines) is 1. The van der Waals surface area contributed by atoms with Crippen LogP contribution in [0.4, 0.5) is 0 Å². The van der Waals surface area contributed by atoms with Crippen molar-refractivity contribution < 1.29 is 9.90 Å². The fourth-order valence-corrected chi connectivity index (χ4v) is 5.55. The van der Waals surface area contributed by atoms with Crippen molar-refractivity contribution in [2.24, 2.45) is 5.41 Å². The second-order valence-corrected chi connectivity index (χ2v) is 9.31. The summed E-state index contributed by atoms with van der Waals surface area (Å²) in [7, 11) is 0. The van der Waals surface area contributed by atoms with Gasteiger partial charge < -0.3 is 14.9 Å². The van der Waals surface area contributed by atoms with E-state index in [0.29, 0.717) is 5.91 Å². The van der Waals surface area contributed by atoms with E-state index in [9.17, 15) is 9.90 Å². The minimum absolute atomic E-state index is 0.234. The number of nitrogens with zero attached hydrogens (tertiary/aromatic N) is 2. The molecule has 0 spiro atoms. The maximum absolute atomic E-state index is 13.8. The number of amides is 1. The van der Waals surface area contributed by atoms with Gasteiger partial charge in [-0.05, 0) is 62.8 Å². The summed E-state index contributed by atoms with van der Waals surface area (Å²) >= 11 is 6.05. The highest BCUT2D eigenvalue weighted by molar-refractivity contribution is 6.30. The molecule has 3 fully saturated rings. The second-order valence-electron chi connectivity index (χ2n) is 8.87. The molecule has 2 bridgehead atoms. The largest absolute Gasteiger partial charge is 0.393 e. The van der Waals surface area contributed by atoms with Crippen LogP contribution >= 0.6 is 11.6 Å². The predicted octanol–water partition coefficient (Wildman–Crippen LogP) is 3.50. The fraction of sp³-hybridized carbons (Fsp3) is 0.682. The van der Waals surface area contributed by atoms with Crippen LogP contribution in [0.1, 0.15) is 51.0 Å². The highest BCUT2D eigenvalue weighted by atomic mass is 35.5. The first-order valence-electron chi connectivity index (χ1n) is 10.5. The lowest BCUT2D eigenvalue weighted by atomic mass is 9.72. The van der Waals surface area contributed by atoms with Crippen molar-refractivity contribution in [1.29, 1.82) is 0 Å². The highest BCUT2D eigenvalue weighted by Crippen LogP contribution is 2.43. The first-order chi connectivity index (χ1) is 13.0. The Labute approximate surface area is 167 Å². The number of aliphatic hydroxyl groups is 1. The molecule has 3 aliphatic heterocycles. The number of benzene rings is 1. The van der Waals surface area contributed by atoms with Crippen molar-refractivity contribution in [2.75, 3.05) is 19.6 Å². The van der Waals surface area contributed by atoms with Gasteiger partial charge in [-0.3, -0.25) is 4.79 Å². The molecule has 0 aromatic heterocycles. The molecule has 5 heteroatoms. The number of unbranched alkanes of at least 4 members (excludes halogenated alkanes) is 1. The average molecular weight is 391 g/mol. The van der Waals surface area contributed by atoms with Gasteiger partial charge in [-0.25, -0.2) is 0 Å². The standard InChI is InChI=1S/C22H31ClN2O2/c1-2-3-10-24-14-22(15-24,13-16-4-6-17(23)7-5-16)21(27)25-18-8-9-19(25)12-20(26)11-18/h4-7,18-20,26H,2-3,8-15H2,1H3/t18-,19+,20?. The van der Waals surface area contributed by atoms with Crippen LogP contribution in [0.3, 0.4) is 0 Å². The second kappa shape index (κ2) is 7.73. The first kappa shape index (κ1) is 19.2. The van der Waals surface area contributed by atoms with Crippen LogP contribution in [0, 0.1) is 5.41 Å². The lowest BCUT2D eigenvalue weighted by Crippen LogP contribution is -2.66. The van der Waals surface area contributed by atoms with Gasteiger partial charge in [0.15, 0.2) is 0 Å². The van der Waals surface area contributed by atoms with E-state index in [0.717, 1.165) is 56.8 Å². The smallest absolute Gasteiger partial charge is 0.232 e. The van der Waals surface area contributed by atoms with Crippen LogP contribution in [0.2, 0.25) is 5.02 Å². The van der Waals surface area contributed by atoms with Gasteiger partial charge in [0, 0.05) is 30.2 Å². The SMILES string of the molecule is CCCCN1CC(Cc2ccc(Cl)cc2)(C(=O)N2[C@@H]3CC[C@H]2CC(O)C3)C1. The molecule has 148 valence electrons. The van der Waals surface area contributed by atoms with Gasteiger partial charge in [-0.2, -0.15) is 0 Å². The molecule has 3 aliphatic rings. The van der Waals surface area contributed by atoms with Gasteiger partial charge >= 0.3 is 0 Å². The molecule has 1 aromatic carbocycles. The average Bonchev–Trinajstić information content (AvgIpc) is 2.89. The molecular formula is C22H31ClN2O2. The van der Waals surface area contributed by atoms with E-state index in [2.05, 4.69) is 28.9 Å². The molecule has 3 heterocycles. The van der Waals surface area contributed by atoms with Crippen molar-refractivity contribution in [1.82, 2.24) is 9.80 Å². The number of piperidine rings is 1. The normalized spacial score (nSPS) is 29.6. The predicted molar refractivity (Wildman–Crippen MR) is 108 cm³/mol. The van der Waals surface area contributed by atoms with Crippen molar-refractivity contribution in [3.05, 3.63) is 34.9 Å². The number of fused-ring (bicyclic) bond motifs is 2. The Kier molecular flexibility index (Phi) is 5.50. The number of hydrogen-bond acceptors (Lipinski definition) is 3. The summed E-state index contributed by atoms with van der Waals surface area (Å²) < 4.78 is 0. The summed E-state index contributed by atoms with van der Waals surface area (Å²) in [5.41, 5.74) is 0.873. The van der Waals surface area contributed by atoms with Gasteiger partial charge in [0.25, 0.3) is 0 Å². The zero-order valence-corrected chi connectivity index (χ0v) is 17.0. The van der Waals surface area contributed by atoms with Crippen LogP contribution in [0.5, 0.6) is 0 Å².